The van der Waals surface area contributed by atoms with Gasteiger partial charge in [0.1, 0.15) is 5.25 Å². The molecular formula is C9H16N4O2S2. The average molecular weight is 276 g/mol. The molecule has 1 aromatic rings. The zero-order chi connectivity index (χ0) is 13.0. The second-order valence-electron chi connectivity index (χ2n) is 3.73. The van der Waals surface area contributed by atoms with E-state index in [1.165, 1.54) is 4.68 Å². The third kappa shape index (κ3) is 4.12. The molecule has 1 atom stereocenters. The van der Waals surface area contributed by atoms with Gasteiger partial charge in [-0.3, -0.25) is 4.79 Å². The van der Waals surface area contributed by atoms with Crippen LogP contribution in [0.25, 0.3) is 0 Å². The summed E-state index contributed by atoms with van der Waals surface area (Å²) in [5, 5.41) is 17.0. The molecule has 3 N–H and O–H groups in total. The number of nitrogen functional groups attached to an aromatic ring is 1. The summed E-state index contributed by atoms with van der Waals surface area (Å²) < 4.78 is 1.36. The van der Waals surface area contributed by atoms with Crippen molar-refractivity contribution in [3.63, 3.8) is 0 Å². The standard InChI is InChI=1S/C9H16N4O2S2/c1-5(2)16-4-7-11-12-9(13(7)10)17-6(3)8(14)15/h5-6H,4,10H2,1-3H3,(H,14,15). The largest absolute Gasteiger partial charge is 0.480 e. The zero-order valence-corrected chi connectivity index (χ0v) is 11.6. The van der Waals surface area contributed by atoms with Crippen LogP contribution < -0.4 is 5.84 Å². The van der Waals surface area contributed by atoms with Crippen LogP contribution in [0.2, 0.25) is 0 Å². The Hall–Kier alpha value is -0.890. The number of aliphatic carboxylic acids is 1. The van der Waals surface area contributed by atoms with Crippen LogP contribution in [0.1, 0.15) is 26.6 Å². The van der Waals surface area contributed by atoms with Crippen LogP contribution in [0.5, 0.6) is 0 Å². The summed E-state index contributed by atoms with van der Waals surface area (Å²) in [5.41, 5.74) is 0. The van der Waals surface area contributed by atoms with Crippen molar-refractivity contribution in [3.05, 3.63) is 5.82 Å². The third-order valence-corrected chi connectivity index (χ3v) is 4.05. The van der Waals surface area contributed by atoms with Crippen molar-refractivity contribution in [1.82, 2.24) is 14.9 Å². The van der Waals surface area contributed by atoms with Gasteiger partial charge in [0.25, 0.3) is 0 Å². The second kappa shape index (κ2) is 6.15. The molecule has 0 aliphatic carbocycles. The first-order valence-corrected chi connectivity index (χ1v) is 7.05. The lowest BCUT2D eigenvalue weighted by Gasteiger charge is -2.06. The van der Waals surface area contributed by atoms with Crippen molar-refractivity contribution < 1.29 is 9.90 Å². The molecule has 1 unspecified atom stereocenters. The topological polar surface area (TPSA) is 94.0 Å². The number of carboxylic acid groups (broad SMARTS) is 1. The molecule has 6 nitrogen and oxygen atoms in total. The van der Waals surface area contributed by atoms with Crippen LogP contribution in [-0.4, -0.2) is 36.4 Å². The average Bonchev–Trinajstić information content (AvgIpc) is 2.57. The molecule has 0 saturated carbocycles. The number of thioether (sulfide) groups is 2. The fourth-order valence-corrected chi connectivity index (χ4v) is 2.34. The Morgan fingerprint density at radius 3 is 2.65 bits per heavy atom. The number of nitrogens with zero attached hydrogens (tertiary/aromatic N) is 3. The van der Waals surface area contributed by atoms with Gasteiger partial charge in [-0.05, 0) is 12.2 Å². The van der Waals surface area contributed by atoms with Crippen LogP contribution in [0.3, 0.4) is 0 Å². The van der Waals surface area contributed by atoms with Crippen molar-refractivity contribution in [1.29, 1.82) is 0 Å². The lowest BCUT2D eigenvalue weighted by atomic mass is 10.5. The van der Waals surface area contributed by atoms with E-state index in [4.69, 9.17) is 10.9 Å². The summed E-state index contributed by atoms with van der Waals surface area (Å²) in [6.07, 6.45) is 0. The van der Waals surface area contributed by atoms with Crippen molar-refractivity contribution in [3.8, 4) is 0 Å². The number of aromatic nitrogens is 3. The normalized spacial score (nSPS) is 12.9. The van der Waals surface area contributed by atoms with E-state index in [9.17, 15) is 4.79 Å². The number of nitrogens with two attached hydrogens (primary N) is 1. The minimum Gasteiger partial charge on any atom is -0.480 e. The lowest BCUT2D eigenvalue weighted by molar-refractivity contribution is -0.136. The second-order valence-corrected chi connectivity index (χ2v) is 6.60. The van der Waals surface area contributed by atoms with Crippen LogP contribution >= 0.6 is 23.5 Å². The fourth-order valence-electron chi connectivity index (χ4n) is 0.936. The Morgan fingerprint density at radius 1 is 1.47 bits per heavy atom. The van der Waals surface area contributed by atoms with Gasteiger partial charge in [0.05, 0.1) is 5.75 Å². The minimum absolute atomic E-state index is 0.430. The quantitative estimate of drug-likeness (QED) is 0.595. The van der Waals surface area contributed by atoms with Gasteiger partial charge in [0, 0.05) is 0 Å². The number of hydrogen-bond donors (Lipinski definition) is 2. The molecule has 0 bridgehead atoms. The molecule has 1 aromatic heterocycles. The van der Waals surface area contributed by atoms with Gasteiger partial charge in [0.2, 0.25) is 5.16 Å². The molecule has 0 aliphatic rings. The van der Waals surface area contributed by atoms with Crippen LogP contribution in [0, 0.1) is 0 Å². The van der Waals surface area contributed by atoms with E-state index in [0.717, 1.165) is 11.8 Å². The first-order valence-electron chi connectivity index (χ1n) is 5.12. The molecule has 0 spiro atoms. The summed E-state index contributed by atoms with van der Waals surface area (Å²) in [4.78, 5) is 10.7. The summed E-state index contributed by atoms with van der Waals surface area (Å²) in [6.45, 7) is 5.76. The van der Waals surface area contributed by atoms with Crippen LogP contribution in [-0.2, 0) is 10.5 Å². The number of carbonyl (C=O) groups is 1. The Kier molecular flexibility index (Phi) is 5.13. The first-order chi connectivity index (χ1) is 7.91. The van der Waals surface area contributed by atoms with Crippen molar-refractivity contribution in [2.45, 2.75) is 42.2 Å². The Morgan fingerprint density at radius 2 is 2.12 bits per heavy atom. The maximum Gasteiger partial charge on any atom is 0.316 e. The maximum absolute atomic E-state index is 10.7. The Labute approximate surface area is 108 Å². The molecule has 0 fully saturated rings. The molecule has 1 heterocycles. The predicted octanol–water partition coefficient (Wildman–Crippen LogP) is 1.20. The minimum atomic E-state index is -0.892. The first kappa shape index (κ1) is 14.2. The van der Waals surface area contributed by atoms with Crippen molar-refractivity contribution in [2.75, 3.05) is 5.84 Å². The van der Waals surface area contributed by atoms with Crippen molar-refractivity contribution in [2.24, 2.45) is 0 Å². The van der Waals surface area contributed by atoms with Gasteiger partial charge in [-0.1, -0.05) is 25.6 Å². The molecule has 0 saturated heterocycles. The van der Waals surface area contributed by atoms with Gasteiger partial charge in [0.15, 0.2) is 5.82 Å². The van der Waals surface area contributed by atoms with Crippen LogP contribution in [0.4, 0.5) is 0 Å². The van der Waals surface area contributed by atoms with E-state index in [1.54, 1.807) is 18.7 Å². The maximum atomic E-state index is 10.7. The highest BCUT2D eigenvalue weighted by Gasteiger charge is 2.18. The molecule has 96 valence electrons. The smallest absolute Gasteiger partial charge is 0.316 e. The number of rotatable bonds is 6. The van der Waals surface area contributed by atoms with Gasteiger partial charge in [-0.15, -0.1) is 10.2 Å². The monoisotopic (exact) mass is 276 g/mol. The summed E-state index contributed by atoms with van der Waals surface area (Å²) >= 11 is 2.80. The predicted molar refractivity (Wildman–Crippen MR) is 69.6 cm³/mol. The molecule has 0 radical (unpaired) electrons. The highest BCUT2D eigenvalue weighted by molar-refractivity contribution is 8.00. The van der Waals surface area contributed by atoms with Crippen LogP contribution in [0.15, 0.2) is 5.16 Å². The Balaban J connectivity index is 2.67. The van der Waals surface area contributed by atoms with Gasteiger partial charge < -0.3 is 10.9 Å². The highest BCUT2D eigenvalue weighted by Crippen LogP contribution is 2.22. The van der Waals surface area contributed by atoms with E-state index in [-0.39, 0.29) is 0 Å². The summed E-state index contributed by atoms with van der Waals surface area (Å²) in [7, 11) is 0. The van der Waals surface area contributed by atoms with E-state index in [2.05, 4.69) is 24.0 Å². The van der Waals surface area contributed by atoms with Gasteiger partial charge >= 0.3 is 5.97 Å². The van der Waals surface area contributed by atoms with E-state index >= 15 is 0 Å². The molecule has 0 aromatic carbocycles. The molecule has 1 rings (SSSR count). The summed E-state index contributed by atoms with van der Waals surface area (Å²) in [6, 6.07) is 0. The molecule has 8 heteroatoms. The molecule has 17 heavy (non-hydrogen) atoms. The molecule has 0 aliphatic heterocycles. The summed E-state index contributed by atoms with van der Waals surface area (Å²) in [5.74, 6) is 6.24. The highest BCUT2D eigenvalue weighted by atomic mass is 32.2. The molecular weight excluding hydrogens is 260 g/mol. The fraction of sp³-hybridized carbons (Fsp3) is 0.667. The number of hydrogen-bond acceptors (Lipinski definition) is 6. The number of carboxylic acids is 1. The Bertz CT molecular complexity index is 394. The lowest BCUT2D eigenvalue weighted by Crippen LogP contribution is -2.17. The van der Waals surface area contributed by atoms with E-state index < -0.39 is 11.2 Å². The SMILES string of the molecule is CC(C)SCc1nnc(SC(C)C(=O)O)n1N. The zero-order valence-electron chi connectivity index (χ0n) is 9.95. The third-order valence-electron chi connectivity index (χ3n) is 1.91. The van der Waals surface area contributed by atoms with Gasteiger partial charge in [-0.2, -0.15) is 11.8 Å². The van der Waals surface area contributed by atoms with E-state index in [1.807, 2.05) is 0 Å². The van der Waals surface area contributed by atoms with Gasteiger partial charge in [-0.25, -0.2) is 4.68 Å². The van der Waals surface area contributed by atoms with Crippen molar-refractivity contribution >= 4 is 29.5 Å². The van der Waals surface area contributed by atoms with E-state index in [0.29, 0.717) is 22.0 Å². The molecule has 0 amide bonds.